The summed E-state index contributed by atoms with van der Waals surface area (Å²) < 4.78 is 25.7. The van der Waals surface area contributed by atoms with Crippen molar-refractivity contribution >= 4 is 10.0 Å². The van der Waals surface area contributed by atoms with Crippen LogP contribution < -0.4 is 10.9 Å². The number of primary sulfonamides is 1. The first-order valence-corrected chi connectivity index (χ1v) is 11.5. The lowest BCUT2D eigenvalue weighted by Gasteiger charge is -2.32. The third-order valence-corrected chi connectivity index (χ3v) is 6.99. The van der Waals surface area contributed by atoms with E-state index in [1.54, 1.807) is 12.3 Å². The minimum Gasteiger partial charge on any atom is -0.353 e. The fourth-order valence-electron chi connectivity index (χ4n) is 4.41. The van der Waals surface area contributed by atoms with E-state index in [9.17, 15) is 8.42 Å². The van der Waals surface area contributed by atoms with E-state index in [1.807, 2.05) is 17.7 Å². The second kappa shape index (κ2) is 7.78. The number of fused-ring (bicyclic) bond motifs is 1. The van der Waals surface area contributed by atoms with Crippen LogP contribution in [-0.4, -0.2) is 19.0 Å². The van der Waals surface area contributed by atoms with E-state index in [0.29, 0.717) is 12.1 Å². The Morgan fingerprint density at radius 2 is 1.83 bits per heavy atom. The number of nitrogens with zero attached hydrogens (tertiary/aromatic N) is 1. The van der Waals surface area contributed by atoms with Crippen LogP contribution in [0, 0.1) is 0 Å². The molecule has 2 unspecified atom stereocenters. The number of hydrogen-bond acceptors (Lipinski definition) is 3. The Morgan fingerprint density at radius 3 is 2.55 bits per heavy atom. The van der Waals surface area contributed by atoms with Crippen LogP contribution in [0.3, 0.4) is 0 Å². The maximum absolute atomic E-state index is 11.9. The van der Waals surface area contributed by atoms with Crippen LogP contribution in [0.1, 0.15) is 40.3 Å². The highest BCUT2D eigenvalue weighted by molar-refractivity contribution is 7.89. The lowest BCUT2D eigenvalue weighted by Crippen LogP contribution is -2.34. The molecule has 0 saturated carbocycles. The van der Waals surface area contributed by atoms with Gasteiger partial charge in [-0.2, -0.15) is 0 Å². The van der Waals surface area contributed by atoms with E-state index in [4.69, 9.17) is 10.9 Å². The molecule has 5 nitrogen and oxygen atoms in total. The van der Waals surface area contributed by atoms with Gasteiger partial charge in [0.2, 0.25) is 10.0 Å². The predicted molar refractivity (Wildman–Crippen MR) is 115 cm³/mol. The van der Waals surface area contributed by atoms with Crippen LogP contribution in [0.15, 0.2) is 65.7 Å². The second-order valence-electron chi connectivity index (χ2n) is 7.99. The van der Waals surface area contributed by atoms with Crippen molar-refractivity contribution in [3.63, 3.8) is 0 Å². The summed E-state index contributed by atoms with van der Waals surface area (Å²) in [4.78, 5) is 0.190. The first-order valence-electron chi connectivity index (χ1n) is 9.91. The van der Waals surface area contributed by atoms with Crippen LogP contribution in [-0.2, 0) is 36.3 Å². The second-order valence-corrected chi connectivity index (χ2v) is 9.52. The van der Waals surface area contributed by atoms with E-state index in [2.05, 4.69) is 42.5 Å². The van der Waals surface area contributed by atoms with Gasteiger partial charge in [-0.1, -0.05) is 48.5 Å². The Balaban J connectivity index is 1.68. The summed E-state index contributed by atoms with van der Waals surface area (Å²) in [5, 5.41) is 5.40. The highest BCUT2D eigenvalue weighted by Gasteiger charge is 2.28. The normalized spacial score (nSPS) is 19.1. The van der Waals surface area contributed by atoms with Gasteiger partial charge in [0.1, 0.15) is 4.90 Å². The van der Waals surface area contributed by atoms with E-state index < -0.39 is 10.0 Å². The number of aryl methyl sites for hydroxylation is 2. The van der Waals surface area contributed by atoms with E-state index in [0.717, 1.165) is 24.8 Å². The molecule has 0 amide bonds. The molecule has 4 rings (SSSR count). The average Bonchev–Trinajstić information content (AvgIpc) is 3.06. The Bertz CT molecular complexity index is 1120. The molecule has 2 atom stereocenters. The standard InChI is InChI=1S/C23H27N3O2S/c1-26-12-11-23(29(25,27)28)22(26)15-17-7-8-18-9-10-21(24)20(19(18)14-17)13-16-5-3-2-4-6-16/h2-8,11-12,14,20-21H,9-10,13,15,24H2,1H3,(H2,25,27,28). The summed E-state index contributed by atoms with van der Waals surface area (Å²) in [5.41, 5.74) is 12.2. The van der Waals surface area contributed by atoms with Gasteiger partial charge in [0.05, 0.1) is 0 Å². The van der Waals surface area contributed by atoms with Crippen LogP contribution in [0.25, 0.3) is 0 Å². The summed E-state index contributed by atoms with van der Waals surface area (Å²) in [7, 11) is -1.91. The van der Waals surface area contributed by atoms with E-state index >= 15 is 0 Å². The van der Waals surface area contributed by atoms with Gasteiger partial charge in [-0.05, 0) is 47.6 Å². The lowest BCUT2D eigenvalue weighted by molar-refractivity contribution is 0.467. The predicted octanol–water partition coefficient (Wildman–Crippen LogP) is 2.86. The number of nitrogens with two attached hydrogens (primary N) is 2. The molecule has 152 valence electrons. The fourth-order valence-corrected chi connectivity index (χ4v) is 5.21. The molecule has 1 aromatic heterocycles. The van der Waals surface area contributed by atoms with Crippen LogP contribution in [0.2, 0.25) is 0 Å². The maximum Gasteiger partial charge on any atom is 0.239 e. The Morgan fingerprint density at radius 1 is 1.07 bits per heavy atom. The zero-order valence-corrected chi connectivity index (χ0v) is 17.4. The molecule has 1 aliphatic rings. The summed E-state index contributed by atoms with van der Waals surface area (Å²) in [6.07, 6.45) is 5.12. The molecular weight excluding hydrogens is 382 g/mol. The van der Waals surface area contributed by atoms with E-state index in [1.165, 1.54) is 16.7 Å². The lowest BCUT2D eigenvalue weighted by atomic mass is 9.76. The molecule has 0 fully saturated rings. The van der Waals surface area contributed by atoms with Gasteiger partial charge in [-0.3, -0.25) is 0 Å². The molecule has 0 radical (unpaired) electrons. The summed E-state index contributed by atoms with van der Waals surface area (Å²) in [6.45, 7) is 0. The van der Waals surface area contributed by atoms with Crippen molar-refractivity contribution in [2.45, 2.75) is 42.5 Å². The Hall–Kier alpha value is -2.41. The molecule has 0 saturated heterocycles. The van der Waals surface area contributed by atoms with Crippen LogP contribution in [0.5, 0.6) is 0 Å². The number of benzene rings is 2. The van der Waals surface area contributed by atoms with Crippen molar-refractivity contribution in [1.29, 1.82) is 0 Å². The first-order chi connectivity index (χ1) is 13.8. The minimum absolute atomic E-state index is 0.118. The third-order valence-electron chi connectivity index (χ3n) is 6.01. The molecule has 3 aromatic rings. The molecule has 1 aliphatic carbocycles. The third kappa shape index (κ3) is 4.15. The van der Waals surface area contributed by atoms with Gasteiger partial charge >= 0.3 is 0 Å². The number of rotatable bonds is 5. The van der Waals surface area contributed by atoms with Gasteiger partial charge in [0, 0.05) is 37.3 Å². The molecule has 29 heavy (non-hydrogen) atoms. The van der Waals surface area contributed by atoms with Crippen molar-refractivity contribution in [3.05, 3.63) is 88.7 Å². The fraction of sp³-hybridized carbons (Fsp3) is 0.304. The number of aromatic nitrogens is 1. The zero-order valence-electron chi connectivity index (χ0n) is 16.6. The van der Waals surface area contributed by atoms with E-state index in [-0.39, 0.29) is 16.9 Å². The van der Waals surface area contributed by atoms with Gasteiger partial charge in [-0.15, -0.1) is 0 Å². The maximum atomic E-state index is 11.9. The quantitative estimate of drug-likeness (QED) is 0.679. The number of hydrogen-bond donors (Lipinski definition) is 2. The largest absolute Gasteiger partial charge is 0.353 e. The number of sulfonamides is 1. The van der Waals surface area contributed by atoms with Gasteiger partial charge in [-0.25, -0.2) is 13.6 Å². The van der Waals surface area contributed by atoms with Crippen molar-refractivity contribution in [2.75, 3.05) is 0 Å². The molecule has 2 aromatic carbocycles. The van der Waals surface area contributed by atoms with Gasteiger partial charge < -0.3 is 10.3 Å². The average molecular weight is 410 g/mol. The topological polar surface area (TPSA) is 91.1 Å². The van der Waals surface area contributed by atoms with Crippen molar-refractivity contribution in [1.82, 2.24) is 4.57 Å². The zero-order chi connectivity index (χ0) is 20.6. The highest BCUT2D eigenvalue weighted by Crippen LogP contribution is 2.35. The SMILES string of the molecule is Cn1ccc(S(N)(=O)=O)c1Cc1ccc2c(c1)C(Cc1ccccc1)C(N)CC2. The van der Waals surface area contributed by atoms with Crippen molar-refractivity contribution < 1.29 is 8.42 Å². The highest BCUT2D eigenvalue weighted by atomic mass is 32.2. The van der Waals surface area contributed by atoms with Gasteiger partial charge in [0.25, 0.3) is 0 Å². The van der Waals surface area contributed by atoms with Gasteiger partial charge in [0.15, 0.2) is 0 Å². The summed E-state index contributed by atoms with van der Waals surface area (Å²) >= 11 is 0. The summed E-state index contributed by atoms with van der Waals surface area (Å²) in [6, 6.07) is 18.6. The minimum atomic E-state index is -3.75. The molecule has 0 spiro atoms. The summed E-state index contributed by atoms with van der Waals surface area (Å²) in [5.74, 6) is 0.257. The molecular formula is C23H27N3O2S. The Labute approximate surface area is 172 Å². The smallest absolute Gasteiger partial charge is 0.239 e. The monoisotopic (exact) mass is 409 g/mol. The molecule has 0 aliphatic heterocycles. The van der Waals surface area contributed by atoms with Crippen LogP contribution in [0.4, 0.5) is 0 Å². The van der Waals surface area contributed by atoms with Crippen LogP contribution >= 0.6 is 0 Å². The Kier molecular flexibility index (Phi) is 5.34. The molecule has 1 heterocycles. The molecule has 6 heteroatoms. The first kappa shape index (κ1) is 19.9. The molecule has 0 bridgehead atoms. The van der Waals surface area contributed by atoms with Crippen molar-refractivity contribution in [2.24, 2.45) is 17.9 Å². The van der Waals surface area contributed by atoms with Crippen molar-refractivity contribution in [3.8, 4) is 0 Å². The molecule has 4 N–H and O–H groups in total.